The molecule has 1 amide bonds. The van der Waals surface area contributed by atoms with Crippen LogP contribution in [0.2, 0.25) is 5.02 Å². The first-order valence-electron chi connectivity index (χ1n) is 10.6. The van der Waals surface area contributed by atoms with Crippen molar-refractivity contribution in [3.8, 4) is 0 Å². The van der Waals surface area contributed by atoms with E-state index in [1.165, 1.54) is 16.0 Å². The van der Waals surface area contributed by atoms with Crippen LogP contribution in [0.4, 0.5) is 5.13 Å². The van der Waals surface area contributed by atoms with Crippen molar-refractivity contribution in [2.24, 2.45) is 0 Å². The number of carbonyl (C=O) groups excluding carboxylic acids is 1. The smallest absolute Gasteiger partial charge is 0.278 e. The molecule has 2 aromatic heterocycles. The van der Waals surface area contributed by atoms with E-state index in [4.69, 9.17) is 11.6 Å². The summed E-state index contributed by atoms with van der Waals surface area (Å²) in [4.78, 5) is 31.3. The number of amides is 1. The summed E-state index contributed by atoms with van der Waals surface area (Å²) < 4.78 is 1.40. The highest BCUT2D eigenvalue weighted by Crippen LogP contribution is 2.23. The van der Waals surface area contributed by atoms with Crippen LogP contribution in [0.5, 0.6) is 0 Å². The summed E-state index contributed by atoms with van der Waals surface area (Å²) in [7, 11) is 0. The van der Waals surface area contributed by atoms with E-state index in [0.717, 1.165) is 29.7 Å². The van der Waals surface area contributed by atoms with E-state index in [1.807, 2.05) is 24.3 Å². The summed E-state index contributed by atoms with van der Waals surface area (Å²) in [5.74, 6) is -0.377. The molecule has 8 heteroatoms. The number of benzene rings is 2. The molecule has 0 fully saturated rings. The van der Waals surface area contributed by atoms with Gasteiger partial charge in [0.1, 0.15) is 0 Å². The lowest BCUT2D eigenvalue weighted by Gasteiger charge is -2.10. The van der Waals surface area contributed by atoms with Crippen molar-refractivity contribution < 1.29 is 4.79 Å². The summed E-state index contributed by atoms with van der Waals surface area (Å²) in [5.41, 5.74) is 1.17. The SMILES string of the molecule is CCCCCn1nc(C(=O)Nc2ncc(Cc3ccc(Cl)cc3)s2)c2ccccc2c1=O. The molecule has 0 radical (unpaired) electrons. The van der Waals surface area contributed by atoms with Crippen molar-refractivity contribution >= 4 is 44.7 Å². The van der Waals surface area contributed by atoms with Crippen LogP contribution in [-0.2, 0) is 13.0 Å². The van der Waals surface area contributed by atoms with Gasteiger partial charge in [-0.25, -0.2) is 9.67 Å². The average molecular weight is 467 g/mol. The van der Waals surface area contributed by atoms with Crippen molar-refractivity contribution in [3.63, 3.8) is 0 Å². The molecule has 0 unspecified atom stereocenters. The number of hydrogen-bond acceptors (Lipinski definition) is 5. The second-order valence-electron chi connectivity index (χ2n) is 7.52. The monoisotopic (exact) mass is 466 g/mol. The van der Waals surface area contributed by atoms with E-state index in [0.29, 0.717) is 33.9 Å². The highest BCUT2D eigenvalue weighted by Gasteiger charge is 2.18. The Morgan fingerprint density at radius 3 is 2.59 bits per heavy atom. The predicted octanol–water partition coefficient (Wildman–Crippen LogP) is 5.54. The Labute approximate surface area is 194 Å². The van der Waals surface area contributed by atoms with E-state index in [1.54, 1.807) is 30.5 Å². The molecular formula is C24H23ClN4O2S. The number of halogens is 1. The second kappa shape index (κ2) is 10.1. The van der Waals surface area contributed by atoms with Gasteiger partial charge in [-0.2, -0.15) is 5.10 Å². The third-order valence-corrected chi connectivity index (χ3v) is 6.29. The number of unbranched alkanes of at least 4 members (excludes halogenated alkanes) is 2. The van der Waals surface area contributed by atoms with E-state index in [2.05, 4.69) is 22.3 Å². The van der Waals surface area contributed by atoms with Gasteiger partial charge >= 0.3 is 0 Å². The summed E-state index contributed by atoms with van der Waals surface area (Å²) in [6.07, 6.45) is 5.33. The molecule has 1 N–H and O–H groups in total. The number of aromatic nitrogens is 3. The first-order chi connectivity index (χ1) is 15.5. The Morgan fingerprint density at radius 1 is 1.09 bits per heavy atom. The van der Waals surface area contributed by atoms with Crippen LogP contribution in [-0.4, -0.2) is 20.7 Å². The number of rotatable bonds is 8. The molecule has 4 rings (SSSR count). The minimum absolute atomic E-state index is 0.173. The molecular weight excluding hydrogens is 444 g/mol. The zero-order chi connectivity index (χ0) is 22.5. The average Bonchev–Trinajstić information content (AvgIpc) is 3.23. The first-order valence-corrected chi connectivity index (χ1v) is 11.7. The number of nitrogens with one attached hydrogen (secondary N) is 1. The topological polar surface area (TPSA) is 76.9 Å². The largest absolute Gasteiger partial charge is 0.296 e. The van der Waals surface area contributed by atoms with Crippen molar-refractivity contribution in [2.45, 2.75) is 39.2 Å². The van der Waals surface area contributed by atoms with Gasteiger partial charge in [-0.05, 0) is 30.2 Å². The van der Waals surface area contributed by atoms with Crippen LogP contribution in [0.1, 0.15) is 47.1 Å². The van der Waals surface area contributed by atoms with Gasteiger partial charge in [-0.3, -0.25) is 14.9 Å². The van der Waals surface area contributed by atoms with Gasteiger partial charge in [0.15, 0.2) is 10.8 Å². The number of hydrogen-bond donors (Lipinski definition) is 1. The van der Waals surface area contributed by atoms with Crippen molar-refractivity contribution in [2.75, 3.05) is 5.32 Å². The van der Waals surface area contributed by atoms with E-state index in [-0.39, 0.29) is 17.2 Å². The zero-order valence-electron chi connectivity index (χ0n) is 17.7. The van der Waals surface area contributed by atoms with Gasteiger partial charge in [0, 0.05) is 34.4 Å². The van der Waals surface area contributed by atoms with E-state index in [9.17, 15) is 9.59 Å². The van der Waals surface area contributed by atoms with Crippen LogP contribution in [0.25, 0.3) is 10.8 Å². The fraction of sp³-hybridized carbons (Fsp3) is 0.250. The van der Waals surface area contributed by atoms with Crippen LogP contribution in [0, 0.1) is 0 Å². The highest BCUT2D eigenvalue weighted by molar-refractivity contribution is 7.15. The molecule has 0 spiro atoms. The van der Waals surface area contributed by atoms with Crippen LogP contribution < -0.4 is 10.9 Å². The minimum Gasteiger partial charge on any atom is -0.296 e. The summed E-state index contributed by atoms with van der Waals surface area (Å²) >= 11 is 7.36. The highest BCUT2D eigenvalue weighted by atomic mass is 35.5. The van der Waals surface area contributed by atoms with Crippen LogP contribution >= 0.6 is 22.9 Å². The van der Waals surface area contributed by atoms with Crippen molar-refractivity contribution in [1.29, 1.82) is 0 Å². The standard InChI is InChI=1S/C24H23ClN4O2S/c1-2-3-6-13-29-23(31)20-8-5-4-7-19(20)21(28-29)22(30)27-24-26-15-18(32-24)14-16-9-11-17(25)12-10-16/h4-5,7-12,15H,2-3,6,13-14H2,1H3,(H,26,27,30). The van der Waals surface area contributed by atoms with Gasteiger partial charge < -0.3 is 0 Å². The van der Waals surface area contributed by atoms with Crippen LogP contribution in [0.15, 0.2) is 59.5 Å². The number of anilines is 1. The molecule has 164 valence electrons. The number of fused-ring (bicyclic) bond motifs is 1. The van der Waals surface area contributed by atoms with E-state index < -0.39 is 0 Å². The fourth-order valence-electron chi connectivity index (χ4n) is 3.47. The molecule has 0 bridgehead atoms. The third-order valence-electron chi connectivity index (χ3n) is 5.12. The number of aryl methyl sites for hydroxylation is 1. The van der Waals surface area contributed by atoms with Crippen molar-refractivity contribution in [1.82, 2.24) is 14.8 Å². The maximum atomic E-state index is 13.1. The normalized spacial score (nSPS) is 11.1. The number of nitrogens with zero attached hydrogens (tertiary/aromatic N) is 3. The van der Waals surface area contributed by atoms with Gasteiger partial charge in [0.05, 0.1) is 5.39 Å². The van der Waals surface area contributed by atoms with Gasteiger partial charge in [0.25, 0.3) is 11.5 Å². The molecule has 0 saturated heterocycles. The Kier molecular flexibility index (Phi) is 6.97. The van der Waals surface area contributed by atoms with E-state index >= 15 is 0 Å². The molecule has 32 heavy (non-hydrogen) atoms. The molecule has 0 aliphatic heterocycles. The molecule has 0 saturated carbocycles. The maximum Gasteiger partial charge on any atom is 0.278 e. The Hall–Kier alpha value is -3.03. The number of carbonyl (C=O) groups is 1. The maximum absolute atomic E-state index is 13.1. The Morgan fingerprint density at radius 2 is 1.84 bits per heavy atom. The molecule has 0 aliphatic rings. The summed E-state index contributed by atoms with van der Waals surface area (Å²) in [5, 5.41) is 9.48. The molecule has 2 heterocycles. The van der Waals surface area contributed by atoms with Crippen molar-refractivity contribution in [3.05, 3.63) is 86.2 Å². The lowest BCUT2D eigenvalue weighted by molar-refractivity contribution is 0.102. The quantitative estimate of drug-likeness (QED) is 0.346. The summed E-state index contributed by atoms with van der Waals surface area (Å²) in [6, 6.07) is 14.7. The molecule has 0 atom stereocenters. The summed E-state index contributed by atoms with van der Waals surface area (Å²) in [6.45, 7) is 2.59. The lowest BCUT2D eigenvalue weighted by atomic mass is 10.1. The molecule has 0 aliphatic carbocycles. The first kappa shape index (κ1) is 22.2. The number of thiazole rings is 1. The lowest BCUT2D eigenvalue weighted by Crippen LogP contribution is -2.27. The van der Waals surface area contributed by atoms with Gasteiger partial charge in [-0.1, -0.05) is 61.7 Å². The molecule has 4 aromatic rings. The van der Waals surface area contributed by atoms with Gasteiger partial charge in [0.2, 0.25) is 0 Å². The predicted molar refractivity (Wildman–Crippen MR) is 130 cm³/mol. The Bertz CT molecular complexity index is 1300. The fourth-order valence-corrected chi connectivity index (χ4v) is 4.44. The molecule has 6 nitrogen and oxygen atoms in total. The Balaban J connectivity index is 1.57. The zero-order valence-corrected chi connectivity index (χ0v) is 19.2. The van der Waals surface area contributed by atoms with Crippen LogP contribution in [0.3, 0.4) is 0 Å². The minimum atomic E-state index is -0.377. The third kappa shape index (κ3) is 5.06. The molecule has 2 aromatic carbocycles. The van der Waals surface area contributed by atoms with Gasteiger partial charge in [-0.15, -0.1) is 11.3 Å². The second-order valence-corrected chi connectivity index (χ2v) is 9.07.